The van der Waals surface area contributed by atoms with Crippen molar-refractivity contribution < 1.29 is 9.53 Å². The normalized spacial score (nSPS) is 13.6. The lowest BCUT2D eigenvalue weighted by Gasteiger charge is -2.19. The topological polar surface area (TPSA) is 80.3 Å². The van der Waals surface area contributed by atoms with Gasteiger partial charge < -0.3 is 14.6 Å². The number of aliphatic imine (C=N–C) groups is 1. The van der Waals surface area contributed by atoms with Crippen molar-refractivity contribution in [2.75, 3.05) is 13.1 Å². The molecule has 0 spiro atoms. The summed E-state index contributed by atoms with van der Waals surface area (Å²) in [4.78, 5) is 16.9. The smallest absolute Gasteiger partial charge is 0.407 e. The summed E-state index contributed by atoms with van der Waals surface area (Å²) in [5, 5.41) is 11.6. The molecule has 0 fully saturated rings. The van der Waals surface area contributed by atoms with E-state index in [1.807, 2.05) is 45.9 Å². The maximum Gasteiger partial charge on any atom is 0.407 e. The lowest BCUT2D eigenvalue weighted by atomic mass is 10.2. The first kappa shape index (κ1) is 29.2. The number of carbonyl (C=O) groups excluding carboxylic acids is 1. The SMILES string of the molecule is C/C=C(\C=C/C=NCCCNC(=O)OC(C)(C)C)/C=N/N=c1\sc2ccccc2n1CCCCCC. The standard InChI is InChI=1S/C28H41N5O2S/c1-6-8-9-12-21-33-24-16-10-11-17-25(24)36-26(33)32-31-22-23(7-2)15-13-18-29-19-14-20-30-27(34)35-28(3,4)5/h7,10-11,13,15-18,22H,6,8-9,12,14,19-21H2,1-5H3,(H,30,34)/b15-13-,23-7+,29-18?,31-22+,32-26-. The van der Waals surface area contributed by atoms with Crippen LogP contribution in [0.2, 0.25) is 0 Å². The third-order valence-corrected chi connectivity index (χ3v) is 6.17. The van der Waals surface area contributed by atoms with Gasteiger partial charge in [-0.3, -0.25) is 4.99 Å². The van der Waals surface area contributed by atoms with Crippen molar-refractivity contribution in [3.8, 4) is 0 Å². The summed E-state index contributed by atoms with van der Waals surface area (Å²) in [6, 6.07) is 8.43. The van der Waals surface area contributed by atoms with Gasteiger partial charge >= 0.3 is 6.09 Å². The number of nitrogens with zero attached hydrogens (tertiary/aromatic N) is 4. The first-order chi connectivity index (χ1) is 17.3. The largest absolute Gasteiger partial charge is 0.444 e. The van der Waals surface area contributed by atoms with Crippen molar-refractivity contribution in [2.24, 2.45) is 15.2 Å². The fraction of sp³-hybridized carbons (Fsp3) is 0.500. The predicted molar refractivity (Wildman–Crippen MR) is 153 cm³/mol. The maximum atomic E-state index is 11.6. The third kappa shape index (κ3) is 11.2. The van der Waals surface area contributed by atoms with Gasteiger partial charge in [0.1, 0.15) is 5.60 Å². The first-order valence-corrected chi connectivity index (χ1v) is 13.6. The Kier molecular flexibility index (Phi) is 12.9. The second-order valence-electron chi connectivity index (χ2n) is 9.39. The van der Waals surface area contributed by atoms with Crippen molar-refractivity contribution in [2.45, 2.75) is 78.9 Å². The highest BCUT2D eigenvalue weighted by Crippen LogP contribution is 2.17. The molecule has 0 aliphatic heterocycles. The summed E-state index contributed by atoms with van der Waals surface area (Å²) in [5.74, 6) is 0. The molecule has 0 saturated heterocycles. The Morgan fingerprint density at radius 3 is 2.72 bits per heavy atom. The Balaban J connectivity index is 1.89. The Morgan fingerprint density at radius 1 is 1.17 bits per heavy atom. The number of amides is 1. The molecule has 0 aliphatic carbocycles. The van der Waals surface area contributed by atoms with E-state index in [4.69, 9.17) is 4.74 Å². The molecule has 8 heteroatoms. The molecule has 1 heterocycles. The summed E-state index contributed by atoms with van der Waals surface area (Å²) in [6.45, 7) is 11.8. The van der Waals surface area contributed by atoms with Gasteiger partial charge in [-0.2, -0.15) is 5.10 Å². The van der Waals surface area contributed by atoms with E-state index in [0.717, 1.165) is 29.8 Å². The van der Waals surface area contributed by atoms with Gasteiger partial charge in [-0.1, -0.05) is 61.8 Å². The molecule has 36 heavy (non-hydrogen) atoms. The number of para-hydroxylation sites is 1. The van der Waals surface area contributed by atoms with Gasteiger partial charge in [0.15, 0.2) is 0 Å². The van der Waals surface area contributed by atoms with E-state index < -0.39 is 11.7 Å². The monoisotopic (exact) mass is 511 g/mol. The Hall–Kier alpha value is -3.00. The first-order valence-electron chi connectivity index (χ1n) is 12.8. The van der Waals surface area contributed by atoms with Crippen molar-refractivity contribution >= 4 is 40.1 Å². The number of aryl methyl sites for hydroxylation is 1. The van der Waals surface area contributed by atoms with Crippen LogP contribution in [-0.4, -0.2) is 41.8 Å². The molecule has 0 radical (unpaired) electrons. The second-order valence-corrected chi connectivity index (χ2v) is 10.4. The number of alkyl carbamates (subject to hydrolysis) is 1. The van der Waals surface area contributed by atoms with E-state index >= 15 is 0 Å². The van der Waals surface area contributed by atoms with E-state index in [1.165, 1.54) is 29.5 Å². The van der Waals surface area contributed by atoms with Crippen LogP contribution in [-0.2, 0) is 11.3 Å². The zero-order valence-electron chi connectivity index (χ0n) is 22.4. The van der Waals surface area contributed by atoms with Gasteiger partial charge in [-0.25, -0.2) is 4.79 Å². The number of nitrogens with one attached hydrogen (secondary N) is 1. The van der Waals surface area contributed by atoms with Crippen LogP contribution >= 0.6 is 11.3 Å². The molecule has 0 atom stereocenters. The van der Waals surface area contributed by atoms with Crippen molar-refractivity contribution in [1.29, 1.82) is 0 Å². The minimum absolute atomic E-state index is 0.397. The van der Waals surface area contributed by atoms with Crippen LogP contribution < -0.4 is 10.1 Å². The van der Waals surface area contributed by atoms with Crippen LogP contribution in [0.3, 0.4) is 0 Å². The third-order valence-electron chi connectivity index (χ3n) is 5.12. The quantitative estimate of drug-likeness (QED) is 0.141. The number of carbonyl (C=O) groups is 1. The molecule has 2 rings (SSSR count). The Bertz CT molecular complexity index is 1130. The maximum absolute atomic E-state index is 11.6. The van der Waals surface area contributed by atoms with Gasteiger partial charge in [-0.15, -0.1) is 5.10 Å². The van der Waals surface area contributed by atoms with Gasteiger partial charge in [0.05, 0.1) is 16.4 Å². The van der Waals surface area contributed by atoms with E-state index in [1.54, 1.807) is 23.8 Å². The molecular formula is C28H41N5O2S. The van der Waals surface area contributed by atoms with Crippen molar-refractivity contribution in [3.05, 3.63) is 52.9 Å². The highest BCUT2D eigenvalue weighted by atomic mass is 32.1. The molecule has 7 nitrogen and oxygen atoms in total. The van der Waals surface area contributed by atoms with Crippen LogP contribution in [0.5, 0.6) is 0 Å². The van der Waals surface area contributed by atoms with Gasteiger partial charge in [0.25, 0.3) is 0 Å². The van der Waals surface area contributed by atoms with E-state index in [2.05, 4.69) is 56.3 Å². The van der Waals surface area contributed by atoms with Crippen LogP contribution in [0.25, 0.3) is 10.2 Å². The molecule has 0 bridgehead atoms. The van der Waals surface area contributed by atoms with E-state index in [9.17, 15) is 4.79 Å². The number of rotatable bonds is 13. The number of benzene rings is 1. The minimum atomic E-state index is -0.485. The lowest BCUT2D eigenvalue weighted by molar-refractivity contribution is 0.0527. The van der Waals surface area contributed by atoms with Gasteiger partial charge in [-0.05, 0) is 64.3 Å². The molecule has 1 amide bonds. The zero-order chi connectivity index (χ0) is 26.2. The number of allylic oxidation sites excluding steroid dienone is 4. The second kappa shape index (κ2) is 15.9. The fourth-order valence-electron chi connectivity index (χ4n) is 3.33. The molecule has 1 N–H and O–H groups in total. The predicted octanol–water partition coefficient (Wildman–Crippen LogP) is 6.66. The zero-order valence-corrected chi connectivity index (χ0v) is 23.2. The highest BCUT2D eigenvalue weighted by Gasteiger charge is 2.15. The molecule has 0 aliphatic rings. The van der Waals surface area contributed by atoms with Crippen LogP contribution in [0, 0.1) is 0 Å². The van der Waals surface area contributed by atoms with E-state index in [0.29, 0.717) is 13.1 Å². The van der Waals surface area contributed by atoms with Crippen LogP contribution in [0.1, 0.15) is 66.7 Å². The number of hydrogen-bond donors (Lipinski definition) is 1. The number of ether oxygens (including phenoxy) is 1. The lowest BCUT2D eigenvalue weighted by Crippen LogP contribution is -2.33. The molecule has 2 aromatic rings. The molecule has 1 aromatic heterocycles. The summed E-state index contributed by atoms with van der Waals surface area (Å²) in [7, 11) is 0. The molecule has 196 valence electrons. The molecular weight excluding hydrogens is 470 g/mol. The number of unbranched alkanes of at least 4 members (excludes halogenated alkanes) is 3. The fourth-order valence-corrected chi connectivity index (χ4v) is 4.35. The van der Waals surface area contributed by atoms with Gasteiger partial charge in [0, 0.05) is 25.8 Å². The average molecular weight is 512 g/mol. The number of thiazole rings is 1. The summed E-state index contributed by atoms with van der Waals surface area (Å²) >= 11 is 1.67. The molecule has 1 aromatic carbocycles. The van der Waals surface area contributed by atoms with Crippen molar-refractivity contribution in [3.63, 3.8) is 0 Å². The van der Waals surface area contributed by atoms with Crippen molar-refractivity contribution in [1.82, 2.24) is 9.88 Å². The number of hydrogen-bond acceptors (Lipinski definition) is 6. The van der Waals surface area contributed by atoms with Crippen LogP contribution in [0.4, 0.5) is 4.79 Å². The van der Waals surface area contributed by atoms with E-state index in [-0.39, 0.29) is 0 Å². The molecule has 0 unspecified atom stereocenters. The highest BCUT2D eigenvalue weighted by molar-refractivity contribution is 7.16. The summed E-state index contributed by atoms with van der Waals surface area (Å²) < 4.78 is 8.71. The summed E-state index contributed by atoms with van der Waals surface area (Å²) in [5.41, 5.74) is 1.69. The average Bonchev–Trinajstić information content (AvgIpc) is 3.18. The number of fused-ring (bicyclic) bond motifs is 1. The molecule has 0 saturated carbocycles. The Labute approximate surface area is 219 Å². The Morgan fingerprint density at radius 2 is 1.97 bits per heavy atom. The van der Waals surface area contributed by atoms with Gasteiger partial charge in [0.2, 0.25) is 4.80 Å². The summed E-state index contributed by atoms with van der Waals surface area (Å²) in [6.07, 6.45) is 14.6. The van der Waals surface area contributed by atoms with Crippen LogP contribution in [0.15, 0.2) is 63.3 Å². The minimum Gasteiger partial charge on any atom is -0.444 e. The number of aromatic nitrogens is 1.